The molecule has 0 heterocycles. The molecule has 3 N–H and O–H groups in total. The van der Waals surface area contributed by atoms with Crippen LogP contribution in [0, 0.1) is 21.3 Å². The molecule has 0 aliphatic heterocycles. The summed E-state index contributed by atoms with van der Waals surface area (Å²) in [7, 11) is 0. The zero-order valence-electron chi connectivity index (χ0n) is 9.95. The summed E-state index contributed by atoms with van der Waals surface area (Å²) in [6.07, 6.45) is 5.84. The van der Waals surface area contributed by atoms with Gasteiger partial charge in [0.2, 0.25) is 0 Å². The predicted molar refractivity (Wildman–Crippen MR) is 81.0 cm³/mol. The van der Waals surface area contributed by atoms with Crippen molar-refractivity contribution in [2.75, 3.05) is 17.6 Å². The van der Waals surface area contributed by atoms with Crippen LogP contribution < -0.4 is 11.1 Å². The van der Waals surface area contributed by atoms with Crippen LogP contribution in [-0.4, -0.2) is 6.54 Å². The molecule has 0 radical (unpaired) electrons. The molecule has 3 rings (SSSR count). The monoisotopic (exact) mass is 342 g/mol. The highest BCUT2D eigenvalue weighted by Crippen LogP contribution is 2.49. The van der Waals surface area contributed by atoms with Crippen LogP contribution in [0.4, 0.5) is 11.4 Å². The van der Waals surface area contributed by atoms with Crippen LogP contribution >= 0.6 is 22.6 Å². The molecule has 2 saturated carbocycles. The lowest BCUT2D eigenvalue weighted by Gasteiger charge is -2.18. The van der Waals surface area contributed by atoms with E-state index < -0.39 is 0 Å². The van der Waals surface area contributed by atoms with Crippen molar-refractivity contribution in [1.82, 2.24) is 0 Å². The molecule has 17 heavy (non-hydrogen) atoms. The Morgan fingerprint density at radius 2 is 1.88 bits per heavy atom. The Morgan fingerprint density at radius 3 is 2.41 bits per heavy atom. The molecule has 1 aromatic carbocycles. The van der Waals surface area contributed by atoms with Crippen molar-refractivity contribution in [2.45, 2.75) is 25.7 Å². The van der Waals surface area contributed by atoms with Gasteiger partial charge in [-0.3, -0.25) is 0 Å². The Morgan fingerprint density at radius 1 is 1.24 bits per heavy atom. The summed E-state index contributed by atoms with van der Waals surface area (Å²) in [5.74, 6) is 2.95. The molecule has 1 aromatic rings. The maximum absolute atomic E-state index is 5.77. The third-order valence-corrected chi connectivity index (χ3v) is 4.87. The van der Waals surface area contributed by atoms with Gasteiger partial charge in [-0.05, 0) is 84.2 Å². The summed E-state index contributed by atoms with van der Waals surface area (Å²) < 4.78 is 1.23. The Labute approximate surface area is 116 Å². The molecule has 2 nitrogen and oxygen atoms in total. The predicted octanol–water partition coefficient (Wildman–Crippen LogP) is 3.72. The number of nitrogens with one attached hydrogen (secondary N) is 1. The van der Waals surface area contributed by atoms with Gasteiger partial charge >= 0.3 is 0 Å². The van der Waals surface area contributed by atoms with E-state index in [1.54, 1.807) is 0 Å². The van der Waals surface area contributed by atoms with Crippen LogP contribution in [0.25, 0.3) is 0 Å². The minimum absolute atomic E-state index is 0.848. The van der Waals surface area contributed by atoms with Gasteiger partial charge in [0.15, 0.2) is 0 Å². The lowest BCUT2D eigenvalue weighted by atomic mass is 9.98. The van der Waals surface area contributed by atoms with Crippen LogP contribution in [0.2, 0.25) is 0 Å². The smallest absolute Gasteiger partial charge is 0.0477 e. The number of hydrogen-bond donors (Lipinski definition) is 2. The highest BCUT2D eigenvalue weighted by molar-refractivity contribution is 14.1. The van der Waals surface area contributed by atoms with E-state index in [1.165, 1.54) is 34.9 Å². The normalized spacial score (nSPS) is 19.6. The third kappa shape index (κ3) is 2.87. The molecule has 3 heteroatoms. The summed E-state index contributed by atoms with van der Waals surface area (Å²) in [5.41, 5.74) is 7.86. The van der Waals surface area contributed by atoms with Crippen LogP contribution in [0.15, 0.2) is 18.2 Å². The molecule has 0 bridgehead atoms. The first-order valence-electron chi connectivity index (χ1n) is 6.53. The minimum atomic E-state index is 0.848. The maximum atomic E-state index is 5.77. The molecular formula is C14H19IN2. The molecule has 0 unspecified atom stereocenters. The second-order valence-electron chi connectivity index (χ2n) is 5.46. The summed E-state index contributed by atoms with van der Waals surface area (Å²) in [4.78, 5) is 0. The molecule has 0 amide bonds. The van der Waals surface area contributed by atoms with E-state index in [4.69, 9.17) is 5.73 Å². The van der Waals surface area contributed by atoms with Gasteiger partial charge in [0.25, 0.3) is 0 Å². The first-order chi connectivity index (χ1) is 8.24. The number of nitrogen functional groups attached to an aromatic ring is 1. The fraction of sp³-hybridized carbons (Fsp3) is 0.571. The summed E-state index contributed by atoms with van der Waals surface area (Å²) in [6, 6.07) is 6.12. The van der Waals surface area contributed by atoms with Gasteiger partial charge in [-0.25, -0.2) is 0 Å². The van der Waals surface area contributed by atoms with Crippen LogP contribution in [0.5, 0.6) is 0 Å². The van der Waals surface area contributed by atoms with Crippen molar-refractivity contribution >= 4 is 34.0 Å². The topological polar surface area (TPSA) is 38.0 Å². The quantitative estimate of drug-likeness (QED) is 0.632. The maximum Gasteiger partial charge on any atom is 0.0477 e. The van der Waals surface area contributed by atoms with Crippen LogP contribution in [-0.2, 0) is 0 Å². The van der Waals surface area contributed by atoms with Gasteiger partial charge in [-0.2, -0.15) is 0 Å². The summed E-state index contributed by atoms with van der Waals surface area (Å²) in [6.45, 7) is 1.15. The van der Waals surface area contributed by atoms with Gasteiger partial charge in [-0.1, -0.05) is 0 Å². The fourth-order valence-corrected chi connectivity index (χ4v) is 3.40. The zero-order valence-corrected chi connectivity index (χ0v) is 12.1. The summed E-state index contributed by atoms with van der Waals surface area (Å²) in [5, 5.41) is 3.62. The number of halogens is 1. The second kappa shape index (κ2) is 4.67. The Bertz CT molecular complexity index is 399. The van der Waals surface area contributed by atoms with Crippen molar-refractivity contribution in [1.29, 1.82) is 0 Å². The highest BCUT2D eigenvalue weighted by Gasteiger charge is 2.40. The molecule has 92 valence electrons. The Hall–Kier alpha value is -0.450. The van der Waals surface area contributed by atoms with Crippen molar-refractivity contribution in [3.8, 4) is 0 Å². The number of rotatable bonds is 5. The lowest BCUT2D eigenvalue weighted by Crippen LogP contribution is -2.18. The standard InChI is InChI=1S/C14H19IN2/c15-13-7-11(16)5-6-14(13)17-8-12(9-1-2-9)10-3-4-10/h5-7,9-10,12,17H,1-4,8,16H2. The first kappa shape index (κ1) is 11.6. The van der Waals surface area contributed by atoms with Gasteiger partial charge in [0.05, 0.1) is 0 Å². The Kier molecular flexibility index (Phi) is 3.19. The minimum Gasteiger partial charge on any atom is -0.399 e. The molecule has 2 aliphatic carbocycles. The lowest BCUT2D eigenvalue weighted by molar-refractivity contribution is 0.428. The van der Waals surface area contributed by atoms with Gasteiger partial charge in [0, 0.05) is 21.5 Å². The van der Waals surface area contributed by atoms with E-state index in [1.807, 2.05) is 12.1 Å². The van der Waals surface area contributed by atoms with E-state index in [9.17, 15) is 0 Å². The van der Waals surface area contributed by atoms with E-state index in [0.29, 0.717) is 0 Å². The van der Waals surface area contributed by atoms with E-state index >= 15 is 0 Å². The summed E-state index contributed by atoms with van der Waals surface area (Å²) >= 11 is 2.36. The third-order valence-electron chi connectivity index (χ3n) is 3.98. The van der Waals surface area contributed by atoms with Crippen LogP contribution in [0.1, 0.15) is 25.7 Å². The van der Waals surface area contributed by atoms with E-state index in [0.717, 1.165) is 30.0 Å². The molecule has 0 atom stereocenters. The van der Waals surface area contributed by atoms with Crippen molar-refractivity contribution in [3.63, 3.8) is 0 Å². The van der Waals surface area contributed by atoms with Crippen molar-refractivity contribution in [3.05, 3.63) is 21.8 Å². The largest absolute Gasteiger partial charge is 0.399 e. The van der Waals surface area contributed by atoms with Crippen LogP contribution in [0.3, 0.4) is 0 Å². The average molecular weight is 342 g/mol. The van der Waals surface area contributed by atoms with Gasteiger partial charge < -0.3 is 11.1 Å². The molecular weight excluding hydrogens is 323 g/mol. The SMILES string of the molecule is Nc1ccc(NCC(C2CC2)C2CC2)c(I)c1. The fourth-order valence-electron chi connectivity index (χ4n) is 2.67. The van der Waals surface area contributed by atoms with E-state index in [-0.39, 0.29) is 0 Å². The Balaban J connectivity index is 1.62. The number of nitrogens with two attached hydrogens (primary N) is 1. The van der Waals surface area contributed by atoms with Gasteiger partial charge in [-0.15, -0.1) is 0 Å². The van der Waals surface area contributed by atoms with E-state index in [2.05, 4.69) is 34.0 Å². The molecule has 2 aliphatic rings. The molecule has 2 fully saturated rings. The molecule has 0 spiro atoms. The highest BCUT2D eigenvalue weighted by atomic mass is 127. The van der Waals surface area contributed by atoms with Crippen molar-refractivity contribution < 1.29 is 0 Å². The zero-order chi connectivity index (χ0) is 11.8. The number of anilines is 2. The number of benzene rings is 1. The second-order valence-corrected chi connectivity index (χ2v) is 6.62. The molecule has 0 aromatic heterocycles. The first-order valence-corrected chi connectivity index (χ1v) is 7.61. The number of hydrogen-bond acceptors (Lipinski definition) is 2. The van der Waals surface area contributed by atoms with Crippen molar-refractivity contribution in [2.24, 2.45) is 17.8 Å². The average Bonchev–Trinajstić information content (AvgIpc) is 3.15. The van der Waals surface area contributed by atoms with Gasteiger partial charge in [0.1, 0.15) is 0 Å². The molecule has 0 saturated heterocycles.